The van der Waals surface area contributed by atoms with Gasteiger partial charge in [-0.05, 0) is 75.6 Å². The molecule has 2 aromatic carbocycles. The van der Waals surface area contributed by atoms with Crippen LogP contribution < -0.4 is 16.0 Å². The number of aliphatic carboxylic acids is 1. The number of imide groups is 1. The van der Waals surface area contributed by atoms with E-state index in [0.717, 1.165) is 22.6 Å². The van der Waals surface area contributed by atoms with E-state index in [1.165, 1.54) is 0 Å². The van der Waals surface area contributed by atoms with Gasteiger partial charge in [0.2, 0.25) is 11.8 Å². The molecule has 0 radical (unpaired) electrons. The number of rotatable bonds is 17. The van der Waals surface area contributed by atoms with Crippen molar-refractivity contribution >= 4 is 58.5 Å². The van der Waals surface area contributed by atoms with Gasteiger partial charge in [0.15, 0.2) is 5.78 Å². The van der Waals surface area contributed by atoms with Gasteiger partial charge in [-0.2, -0.15) is 10.2 Å². The van der Waals surface area contributed by atoms with Crippen molar-refractivity contribution in [1.29, 1.82) is 0 Å². The third-order valence-electron chi connectivity index (χ3n) is 6.84. The molecule has 0 fully saturated rings. The van der Waals surface area contributed by atoms with Gasteiger partial charge in [0.25, 0.3) is 11.8 Å². The van der Waals surface area contributed by atoms with Crippen molar-refractivity contribution in [2.45, 2.75) is 70.9 Å². The molecule has 49 heavy (non-hydrogen) atoms. The van der Waals surface area contributed by atoms with Crippen molar-refractivity contribution in [1.82, 2.24) is 15.5 Å². The number of anilines is 1. The van der Waals surface area contributed by atoms with Crippen molar-refractivity contribution in [3.63, 3.8) is 0 Å². The maximum atomic E-state index is 12.4. The van der Waals surface area contributed by atoms with E-state index in [4.69, 9.17) is 4.74 Å². The molecule has 0 saturated heterocycles. The summed E-state index contributed by atoms with van der Waals surface area (Å²) in [6, 6.07) is 12.3. The van der Waals surface area contributed by atoms with Gasteiger partial charge in [-0.1, -0.05) is 25.0 Å². The van der Waals surface area contributed by atoms with Crippen LogP contribution >= 0.6 is 0 Å². The van der Waals surface area contributed by atoms with Crippen LogP contribution in [0.15, 0.2) is 70.9 Å². The molecule has 4 N–H and O–H groups in total. The zero-order chi connectivity index (χ0) is 36.0. The number of carboxylic acid groups (broad SMARTS) is 1. The van der Waals surface area contributed by atoms with Gasteiger partial charge >= 0.3 is 12.1 Å². The number of amides is 5. The first-order chi connectivity index (χ1) is 23.2. The molecule has 0 aromatic heterocycles. The summed E-state index contributed by atoms with van der Waals surface area (Å²) in [7, 11) is 0. The van der Waals surface area contributed by atoms with Crippen LogP contribution in [0.4, 0.5) is 21.9 Å². The number of ketones is 1. The second-order valence-electron chi connectivity index (χ2n) is 12.2. The average molecular weight is 677 g/mol. The molecule has 3 rings (SSSR count). The first-order valence-electron chi connectivity index (χ1n) is 15.6. The van der Waals surface area contributed by atoms with Gasteiger partial charge < -0.3 is 25.8 Å². The number of carboxylic acids is 1. The van der Waals surface area contributed by atoms with E-state index in [-0.39, 0.29) is 44.0 Å². The summed E-state index contributed by atoms with van der Waals surface area (Å²) in [6.45, 7) is 4.53. The molecule has 0 spiro atoms. The molecule has 1 aliphatic rings. The van der Waals surface area contributed by atoms with Crippen LogP contribution in [0.2, 0.25) is 0 Å². The van der Waals surface area contributed by atoms with Crippen molar-refractivity contribution in [3.8, 4) is 0 Å². The number of hydrogen-bond acceptors (Lipinski definition) is 10. The Balaban J connectivity index is 1.32. The Bertz CT molecular complexity index is 1580. The van der Waals surface area contributed by atoms with Crippen molar-refractivity contribution < 1.29 is 43.4 Å². The van der Waals surface area contributed by atoms with Gasteiger partial charge in [-0.15, -0.1) is 0 Å². The Labute approximate surface area is 283 Å². The highest BCUT2D eigenvalue weighted by Gasteiger charge is 2.26. The van der Waals surface area contributed by atoms with Crippen molar-refractivity contribution in [3.05, 3.63) is 66.2 Å². The molecule has 15 nitrogen and oxygen atoms in total. The number of hydrogen-bond donors (Lipinski definition) is 4. The number of nitrogens with one attached hydrogen (secondary N) is 3. The number of carbonyl (C=O) groups excluding carboxylic acids is 6. The molecule has 1 aliphatic heterocycles. The van der Waals surface area contributed by atoms with E-state index in [2.05, 4.69) is 26.2 Å². The topological polar surface area (TPSA) is 213 Å². The highest BCUT2D eigenvalue weighted by Crippen LogP contribution is 2.21. The van der Waals surface area contributed by atoms with E-state index in [1.807, 2.05) is 0 Å². The quantitative estimate of drug-likeness (QED) is 0.108. The second kappa shape index (κ2) is 18.0. The molecular formula is C34H40N6O9. The summed E-state index contributed by atoms with van der Waals surface area (Å²) in [4.78, 5) is 84.0. The van der Waals surface area contributed by atoms with E-state index in [0.29, 0.717) is 36.3 Å². The Morgan fingerprint density at radius 2 is 1.43 bits per heavy atom. The van der Waals surface area contributed by atoms with Crippen LogP contribution in [-0.4, -0.2) is 76.2 Å². The van der Waals surface area contributed by atoms with Crippen LogP contribution in [0.25, 0.3) is 0 Å². The number of Topliss-reactive ketones (excluding diaryl/α,β-unsaturated/α-hetero) is 1. The number of benzene rings is 2. The SMILES string of the molecule is CC(C)(C)OC(=O)N[C@@H](CCCCCC(=O)NCC(=O)Cc1ccc(N=Nc2ccc(NC(=O)CN3C(=O)C=CC3=O)cc2)cc1)C(=O)O. The molecule has 5 amide bonds. The first-order valence-corrected chi connectivity index (χ1v) is 15.6. The highest BCUT2D eigenvalue weighted by molar-refractivity contribution is 6.15. The minimum absolute atomic E-state index is 0.114. The lowest BCUT2D eigenvalue weighted by molar-refractivity contribution is -0.140. The van der Waals surface area contributed by atoms with Gasteiger partial charge in [-0.25, -0.2) is 9.59 Å². The predicted octanol–water partition coefficient (Wildman–Crippen LogP) is 4.12. The third-order valence-corrected chi connectivity index (χ3v) is 6.84. The Morgan fingerprint density at radius 3 is 2.00 bits per heavy atom. The molecule has 0 bridgehead atoms. The van der Waals surface area contributed by atoms with Gasteiger partial charge in [0.05, 0.1) is 17.9 Å². The van der Waals surface area contributed by atoms with E-state index in [9.17, 15) is 38.7 Å². The number of nitrogens with zero attached hydrogens (tertiary/aromatic N) is 3. The summed E-state index contributed by atoms with van der Waals surface area (Å²) in [5.74, 6) is -3.22. The summed E-state index contributed by atoms with van der Waals surface area (Å²) in [5.41, 5.74) is 1.51. The fourth-order valence-electron chi connectivity index (χ4n) is 4.43. The maximum absolute atomic E-state index is 12.4. The second-order valence-corrected chi connectivity index (χ2v) is 12.2. The minimum Gasteiger partial charge on any atom is -0.480 e. The summed E-state index contributed by atoms with van der Waals surface area (Å²) in [6.07, 6.45) is 3.46. The zero-order valence-corrected chi connectivity index (χ0v) is 27.6. The molecule has 0 saturated carbocycles. The smallest absolute Gasteiger partial charge is 0.408 e. The van der Waals surface area contributed by atoms with Crippen LogP contribution in [0.1, 0.15) is 58.4 Å². The zero-order valence-electron chi connectivity index (χ0n) is 27.6. The molecule has 1 atom stereocenters. The largest absolute Gasteiger partial charge is 0.480 e. The van der Waals surface area contributed by atoms with Crippen LogP contribution in [0, 0.1) is 0 Å². The Morgan fingerprint density at radius 1 is 0.837 bits per heavy atom. The molecule has 0 aliphatic carbocycles. The van der Waals surface area contributed by atoms with E-state index < -0.39 is 41.4 Å². The van der Waals surface area contributed by atoms with Crippen LogP contribution in [0.3, 0.4) is 0 Å². The average Bonchev–Trinajstić information content (AvgIpc) is 3.34. The minimum atomic E-state index is -1.16. The number of ether oxygens (including phenoxy) is 1. The highest BCUT2D eigenvalue weighted by atomic mass is 16.6. The Hall–Kier alpha value is -5.73. The lowest BCUT2D eigenvalue weighted by Gasteiger charge is -2.22. The predicted molar refractivity (Wildman–Crippen MR) is 177 cm³/mol. The summed E-state index contributed by atoms with van der Waals surface area (Å²) in [5, 5.41) is 25.2. The molecule has 0 unspecified atom stereocenters. The normalized spacial score (nSPS) is 13.3. The van der Waals surface area contributed by atoms with Crippen LogP contribution in [0.5, 0.6) is 0 Å². The summed E-state index contributed by atoms with van der Waals surface area (Å²) >= 11 is 0. The fraction of sp³-hybridized carbons (Fsp3) is 0.382. The fourth-order valence-corrected chi connectivity index (χ4v) is 4.43. The molecule has 260 valence electrons. The molecule has 15 heteroatoms. The van der Waals surface area contributed by atoms with Gasteiger partial charge in [-0.3, -0.25) is 28.9 Å². The number of azo groups is 1. The number of unbranched alkanes of at least 4 members (excludes halogenated alkanes) is 2. The lowest BCUT2D eigenvalue weighted by Crippen LogP contribution is -2.43. The van der Waals surface area contributed by atoms with Crippen LogP contribution in [-0.2, 0) is 39.9 Å². The number of alkyl carbamates (subject to hydrolysis) is 1. The third kappa shape index (κ3) is 13.9. The molecular weight excluding hydrogens is 636 g/mol. The van der Waals surface area contributed by atoms with Crippen molar-refractivity contribution in [2.75, 3.05) is 18.4 Å². The maximum Gasteiger partial charge on any atom is 0.408 e. The Kier molecular flexibility index (Phi) is 13.8. The molecule has 2 aromatic rings. The van der Waals surface area contributed by atoms with E-state index >= 15 is 0 Å². The van der Waals surface area contributed by atoms with Crippen molar-refractivity contribution in [2.24, 2.45) is 10.2 Å². The first kappa shape index (κ1) is 37.7. The standard InChI is InChI=1S/C34H40N6O9/c1-34(2,3)49-33(48)37-27(32(46)47)7-5-4-6-8-28(42)35-20-26(41)19-22-9-11-24(12-10-22)38-39-25-15-13-23(14-16-25)36-29(43)21-40-30(44)17-18-31(40)45/h9-18,27H,4-8,19-21H2,1-3H3,(H,35,42)(H,36,43)(H,37,48)(H,46,47)/t27-/m0/s1. The molecule has 1 heterocycles. The lowest BCUT2D eigenvalue weighted by atomic mass is 10.1. The van der Waals surface area contributed by atoms with E-state index in [1.54, 1.807) is 69.3 Å². The van der Waals surface area contributed by atoms with Gasteiger partial charge in [0.1, 0.15) is 18.2 Å². The monoisotopic (exact) mass is 676 g/mol. The van der Waals surface area contributed by atoms with Gasteiger partial charge in [0, 0.05) is 30.7 Å². The number of carbonyl (C=O) groups is 7. The summed E-state index contributed by atoms with van der Waals surface area (Å²) < 4.78 is 5.09.